The molecule has 0 bridgehead atoms. The van der Waals surface area contributed by atoms with Gasteiger partial charge < -0.3 is 4.42 Å². The van der Waals surface area contributed by atoms with Gasteiger partial charge in [0.25, 0.3) is 5.78 Å². The molecule has 0 N–H and O–H groups in total. The molecule has 3 heterocycles. The van der Waals surface area contributed by atoms with E-state index >= 15 is 0 Å². The molecule has 7 nitrogen and oxygen atoms in total. The minimum atomic E-state index is -0.00387. The second-order valence-electron chi connectivity index (χ2n) is 5.15. The first-order chi connectivity index (χ1) is 10.1. The molecule has 3 aromatic rings. The summed E-state index contributed by atoms with van der Waals surface area (Å²) in [5, 5.41) is 13.2. The van der Waals surface area contributed by atoms with Crippen LogP contribution < -0.4 is 0 Å². The molecule has 0 amide bonds. The Bertz CT molecular complexity index is 704. The Morgan fingerprint density at radius 3 is 2.90 bits per heavy atom. The average molecular weight is 304 g/mol. The maximum absolute atomic E-state index is 5.68. The molecule has 0 radical (unpaired) electrons. The molecule has 0 saturated heterocycles. The standard InChI is InChI=1S/C13H16N6OS/c1-8(2)7-10-16-17-11(20-10)9(3)21-13-15-12-14-5-4-6-19(12)18-13/h4-6,8-9H,7H2,1-3H3. The highest BCUT2D eigenvalue weighted by Gasteiger charge is 2.18. The molecule has 21 heavy (non-hydrogen) atoms. The van der Waals surface area contributed by atoms with Crippen LogP contribution in [0.5, 0.6) is 0 Å². The van der Waals surface area contributed by atoms with Crippen LogP contribution >= 0.6 is 11.8 Å². The van der Waals surface area contributed by atoms with E-state index in [9.17, 15) is 0 Å². The van der Waals surface area contributed by atoms with Gasteiger partial charge >= 0.3 is 0 Å². The van der Waals surface area contributed by atoms with Crippen molar-refractivity contribution in [2.45, 2.75) is 37.6 Å². The van der Waals surface area contributed by atoms with Crippen LogP contribution in [0.2, 0.25) is 0 Å². The van der Waals surface area contributed by atoms with E-state index in [0.717, 1.165) is 6.42 Å². The average Bonchev–Trinajstić information content (AvgIpc) is 3.03. The third-order valence-electron chi connectivity index (χ3n) is 2.79. The van der Waals surface area contributed by atoms with Crippen molar-refractivity contribution in [1.29, 1.82) is 0 Å². The van der Waals surface area contributed by atoms with Crippen molar-refractivity contribution < 1.29 is 4.42 Å². The van der Waals surface area contributed by atoms with E-state index in [1.807, 2.05) is 19.2 Å². The van der Waals surface area contributed by atoms with Gasteiger partial charge in [-0.1, -0.05) is 25.6 Å². The van der Waals surface area contributed by atoms with Gasteiger partial charge in [-0.05, 0) is 18.9 Å². The van der Waals surface area contributed by atoms with E-state index in [1.54, 1.807) is 10.7 Å². The number of rotatable bonds is 5. The number of nitrogens with zero attached hydrogens (tertiary/aromatic N) is 6. The maximum atomic E-state index is 5.68. The zero-order valence-corrected chi connectivity index (χ0v) is 12.9. The number of hydrogen-bond donors (Lipinski definition) is 0. The molecule has 3 aromatic heterocycles. The molecule has 110 valence electrons. The first-order valence-electron chi connectivity index (χ1n) is 6.78. The molecule has 0 fully saturated rings. The minimum absolute atomic E-state index is 0.00387. The van der Waals surface area contributed by atoms with Gasteiger partial charge in [0.2, 0.25) is 16.9 Å². The van der Waals surface area contributed by atoms with Crippen molar-refractivity contribution in [1.82, 2.24) is 29.8 Å². The fourth-order valence-corrected chi connectivity index (χ4v) is 2.62. The summed E-state index contributed by atoms with van der Waals surface area (Å²) in [4.78, 5) is 8.49. The van der Waals surface area contributed by atoms with E-state index in [1.165, 1.54) is 11.8 Å². The second-order valence-corrected chi connectivity index (χ2v) is 6.46. The van der Waals surface area contributed by atoms with Crippen molar-refractivity contribution in [3.8, 4) is 0 Å². The Labute approximate surface area is 126 Å². The van der Waals surface area contributed by atoms with Crippen LogP contribution in [0.4, 0.5) is 0 Å². The second kappa shape index (κ2) is 5.80. The van der Waals surface area contributed by atoms with E-state index in [-0.39, 0.29) is 5.25 Å². The lowest BCUT2D eigenvalue weighted by molar-refractivity contribution is 0.426. The lowest BCUT2D eigenvalue weighted by atomic mass is 10.1. The van der Waals surface area contributed by atoms with Crippen molar-refractivity contribution in [2.75, 3.05) is 0 Å². The zero-order valence-electron chi connectivity index (χ0n) is 12.1. The number of thioether (sulfide) groups is 1. The van der Waals surface area contributed by atoms with Crippen LogP contribution in [0.3, 0.4) is 0 Å². The van der Waals surface area contributed by atoms with Gasteiger partial charge in [-0.15, -0.1) is 15.3 Å². The Kier molecular flexibility index (Phi) is 3.87. The van der Waals surface area contributed by atoms with E-state index in [2.05, 4.69) is 39.1 Å². The minimum Gasteiger partial charge on any atom is -0.424 e. The predicted octanol–water partition coefficient (Wildman–Crippen LogP) is 2.56. The number of fused-ring (bicyclic) bond motifs is 1. The van der Waals surface area contributed by atoms with Gasteiger partial charge in [0.1, 0.15) is 0 Å². The quantitative estimate of drug-likeness (QED) is 0.670. The molecule has 3 rings (SSSR count). The molecule has 0 aromatic carbocycles. The molecule has 0 saturated carbocycles. The van der Waals surface area contributed by atoms with E-state index < -0.39 is 0 Å². The highest BCUT2D eigenvalue weighted by Crippen LogP contribution is 2.32. The largest absolute Gasteiger partial charge is 0.424 e. The van der Waals surface area contributed by atoms with Crippen molar-refractivity contribution in [3.63, 3.8) is 0 Å². The normalized spacial score (nSPS) is 13.1. The summed E-state index contributed by atoms with van der Waals surface area (Å²) in [6, 6.07) is 1.82. The van der Waals surface area contributed by atoms with Gasteiger partial charge in [0.05, 0.1) is 5.25 Å². The van der Waals surface area contributed by atoms with Crippen LogP contribution in [-0.2, 0) is 6.42 Å². The Hall–Kier alpha value is -1.96. The maximum Gasteiger partial charge on any atom is 0.253 e. The molecular formula is C13H16N6OS. The molecular weight excluding hydrogens is 288 g/mol. The molecule has 0 aliphatic heterocycles. The van der Waals surface area contributed by atoms with Crippen LogP contribution in [0.25, 0.3) is 5.78 Å². The fraction of sp³-hybridized carbons (Fsp3) is 0.462. The third-order valence-corrected chi connectivity index (χ3v) is 3.73. The fourth-order valence-electron chi connectivity index (χ4n) is 1.83. The summed E-state index contributed by atoms with van der Waals surface area (Å²) in [5.74, 6) is 2.35. The molecule has 0 aliphatic carbocycles. The summed E-state index contributed by atoms with van der Waals surface area (Å²) in [7, 11) is 0. The monoisotopic (exact) mass is 304 g/mol. The van der Waals surface area contributed by atoms with E-state index in [4.69, 9.17) is 4.42 Å². The summed E-state index contributed by atoms with van der Waals surface area (Å²) in [5.41, 5.74) is 0. The Balaban J connectivity index is 1.73. The van der Waals surface area contributed by atoms with Gasteiger partial charge in [-0.3, -0.25) is 0 Å². The first kappa shape index (κ1) is 14.0. The summed E-state index contributed by atoms with van der Waals surface area (Å²) >= 11 is 1.48. The van der Waals surface area contributed by atoms with E-state index in [0.29, 0.717) is 28.6 Å². The highest BCUT2D eigenvalue weighted by molar-refractivity contribution is 7.99. The lowest BCUT2D eigenvalue weighted by Gasteiger charge is -2.02. The Morgan fingerprint density at radius 2 is 2.14 bits per heavy atom. The number of aromatic nitrogens is 6. The van der Waals surface area contributed by atoms with Crippen molar-refractivity contribution in [2.24, 2.45) is 5.92 Å². The smallest absolute Gasteiger partial charge is 0.253 e. The highest BCUT2D eigenvalue weighted by atomic mass is 32.2. The topological polar surface area (TPSA) is 82.0 Å². The van der Waals surface area contributed by atoms with Crippen molar-refractivity contribution in [3.05, 3.63) is 30.2 Å². The molecule has 1 atom stereocenters. The third kappa shape index (κ3) is 3.21. The van der Waals surface area contributed by atoms with Gasteiger partial charge in [0, 0.05) is 18.8 Å². The zero-order chi connectivity index (χ0) is 14.8. The molecule has 8 heteroatoms. The lowest BCUT2D eigenvalue weighted by Crippen LogP contribution is -1.93. The van der Waals surface area contributed by atoms with Crippen LogP contribution in [0.1, 0.15) is 37.8 Å². The summed E-state index contributed by atoms with van der Waals surface area (Å²) < 4.78 is 7.33. The molecule has 1 unspecified atom stereocenters. The molecule has 0 spiro atoms. The van der Waals surface area contributed by atoms with Crippen molar-refractivity contribution >= 4 is 17.5 Å². The van der Waals surface area contributed by atoms with Gasteiger partial charge in [0.15, 0.2) is 0 Å². The first-order valence-corrected chi connectivity index (χ1v) is 7.66. The summed E-state index contributed by atoms with van der Waals surface area (Å²) in [6.45, 7) is 6.24. The Morgan fingerprint density at radius 1 is 1.29 bits per heavy atom. The van der Waals surface area contributed by atoms with Crippen LogP contribution in [0.15, 0.2) is 28.0 Å². The van der Waals surface area contributed by atoms with Crippen LogP contribution in [-0.4, -0.2) is 29.8 Å². The SMILES string of the molecule is CC(C)Cc1nnc(C(C)Sc2nc3ncccn3n2)o1. The van der Waals surface area contributed by atoms with Gasteiger partial charge in [-0.2, -0.15) is 4.98 Å². The molecule has 0 aliphatic rings. The van der Waals surface area contributed by atoms with Crippen LogP contribution in [0, 0.1) is 5.92 Å². The predicted molar refractivity (Wildman–Crippen MR) is 77.9 cm³/mol. The number of hydrogen-bond acceptors (Lipinski definition) is 7. The summed E-state index contributed by atoms with van der Waals surface area (Å²) in [6.07, 6.45) is 4.30. The van der Waals surface area contributed by atoms with Gasteiger partial charge in [-0.25, -0.2) is 9.50 Å².